The van der Waals surface area contributed by atoms with Gasteiger partial charge in [-0.1, -0.05) is 0 Å². The number of hydrogen-bond donors (Lipinski definition) is 2. The van der Waals surface area contributed by atoms with Gasteiger partial charge in [-0.25, -0.2) is 4.39 Å². The van der Waals surface area contributed by atoms with Crippen LogP contribution in [0.4, 0.5) is 10.1 Å². The second-order valence-corrected chi connectivity index (χ2v) is 3.92. The summed E-state index contributed by atoms with van der Waals surface area (Å²) in [6.45, 7) is 0.382. The standard InChI is InChI=1S/C11H12FN3O2/c12-7-5-6(10(14)16)1-2-9(7)15-4-3-8(13)11(15)17/h1-2,5,8H,3-4,13H2,(H2,14,16). The molecule has 0 spiro atoms. The molecule has 1 atom stereocenters. The van der Waals surface area contributed by atoms with E-state index in [1.54, 1.807) is 0 Å². The minimum Gasteiger partial charge on any atom is -0.366 e. The Bertz CT molecular complexity index is 490. The molecule has 2 rings (SSSR count). The molecule has 1 aromatic rings. The van der Waals surface area contributed by atoms with Gasteiger partial charge >= 0.3 is 0 Å². The van der Waals surface area contributed by atoms with Gasteiger partial charge < -0.3 is 16.4 Å². The molecular weight excluding hydrogens is 225 g/mol. The van der Waals surface area contributed by atoms with Gasteiger partial charge in [-0.2, -0.15) is 0 Å². The van der Waals surface area contributed by atoms with Crippen LogP contribution in [0.3, 0.4) is 0 Å². The molecule has 1 heterocycles. The summed E-state index contributed by atoms with van der Waals surface area (Å²) in [7, 11) is 0. The number of benzene rings is 1. The molecule has 17 heavy (non-hydrogen) atoms. The molecule has 0 saturated carbocycles. The topological polar surface area (TPSA) is 89.4 Å². The average molecular weight is 237 g/mol. The lowest BCUT2D eigenvalue weighted by molar-refractivity contribution is -0.118. The molecule has 1 aromatic carbocycles. The molecular formula is C11H12FN3O2. The van der Waals surface area contributed by atoms with Crippen LogP contribution in [0.2, 0.25) is 0 Å². The maximum Gasteiger partial charge on any atom is 0.248 e. The van der Waals surface area contributed by atoms with Gasteiger partial charge in [-0.15, -0.1) is 0 Å². The van der Waals surface area contributed by atoms with Crippen molar-refractivity contribution in [3.05, 3.63) is 29.6 Å². The first-order chi connectivity index (χ1) is 8.00. The zero-order chi connectivity index (χ0) is 12.6. The van der Waals surface area contributed by atoms with Crippen LogP contribution in [0.25, 0.3) is 0 Å². The van der Waals surface area contributed by atoms with Gasteiger partial charge in [-0.3, -0.25) is 9.59 Å². The van der Waals surface area contributed by atoms with E-state index in [2.05, 4.69) is 0 Å². The Morgan fingerprint density at radius 3 is 2.65 bits per heavy atom. The second kappa shape index (κ2) is 4.14. The summed E-state index contributed by atoms with van der Waals surface area (Å²) < 4.78 is 13.7. The van der Waals surface area contributed by atoms with E-state index in [0.29, 0.717) is 13.0 Å². The van der Waals surface area contributed by atoms with Gasteiger partial charge in [0.2, 0.25) is 11.8 Å². The van der Waals surface area contributed by atoms with E-state index in [1.165, 1.54) is 17.0 Å². The predicted molar refractivity (Wildman–Crippen MR) is 59.9 cm³/mol. The molecule has 1 aliphatic rings. The van der Waals surface area contributed by atoms with Gasteiger partial charge in [0.25, 0.3) is 0 Å². The van der Waals surface area contributed by atoms with Gasteiger partial charge in [0.15, 0.2) is 0 Å². The third-order valence-corrected chi connectivity index (χ3v) is 2.77. The van der Waals surface area contributed by atoms with Crippen molar-refractivity contribution < 1.29 is 14.0 Å². The number of amides is 2. The van der Waals surface area contributed by atoms with Crippen LogP contribution in [-0.4, -0.2) is 24.4 Å². The van der Waals surface area contributed by atoms with Crippen LogP contribution >= 0.6 is 0 Å². The highest BCUT2D eigenvalue weighted by Crippen LogP contribution is 2.24. The molecule has 0 bridgehead atoms. The van der Waals surface area contributed by atoms with Crippen molar-refractivity contribution in [3.63, 3.8) is 0 Å². The number of anilines is 1. The smallest absolute Gasteiger partial charge is 0.248 e. The van der Waals surface area contributed by atoms with Crippen molar-refractivity contribution in [1.29, 1.82) is 0 Å². The molecule has 1 fully saturated rings. The third-order valence-electron chi connectivity index (χ3n) is 2.77. The quantitative estimate of drug-likeness (QED) is 0.758. The Hall–Kier alpha value is -1.95. The summed E-state index contributed by atoms with van der Waals surface area (Å²) in [5.41, 5.74) is 10.8. The Morgan fingerprint density at radius 2 is 2.18 bits per heavy atom. The van der Waals surface area contributed by atoms with Crippen molar-refractivity contribution in [2.75, 3.05) is 11.4 Å². The summed E-state index contributed by atoms with van der Waals surface area (Å²) in [5.74, 6) is -1.67. The van der Waals surface area contributed by atoms with E-state index in [9.17, 15) is 14.0 Å². The zero-order valence-electron chi connectivity index (χ0n) is 9.02. The van der Waals surface area contributed by atoms with E-state index in [4.69, 9.17) is 11.5 Å². The number of primary amides is 1. The van der Waals surface area contributed by atoms with Crippen LogP contribution in [-0.2, 0) is 4.79 Å². The molecule has 0 radical (unpaired) electrons. The van der Waals surface area contributed by atoms with E-state index in [1.807, 2.05) is 0 Å². The van der Waals surface area contributed by atoms with Gasteiger partial charge in [0, 0.05) is 12.1 Å². The summed E-state index contributed by atoms with van der Waals surface area (Å²) in [6, 6.07) is 3.20. The number of hydrogen-bond acceptors (Lipinski definition) is 3. The number of carbonyl (C=O) groups is 2. The fraction of sp³-hybridized carbons (Fsp3) is 0.273. The number of nitrogens with zero attached hydrogens (tertiary/aromatic N) is 1. The van der Waals surface area contributed by atoms with Gasteiger partial charge in [0.05, 0.1) is 11.7 Å². The minimum absolute atomic E-state index is 0.0715. The summed E-state index contributed by atoms with van der Waals surface area (Å²) in [4.78, 5) is 23.8. The molecule has 1 saturated heterocycles. The van der Waals surface area contributed by atoms with Crippen molar-refractivity contribution in [2.45, 2.75) is 12.5 Å². The highest BCUT2D eigenvalue weighted by molar-refractivity contribution is 6.00. The predicted octanol–water partition coefficient (Wildman–Crippen LogP) is -0.0114. The molecule has 5 nitrogen and oxygen atoms in total. The minimum atomic E-state index is -0.708. The Morgan fingerprint density at radius 1 is 1.47 bits per heavy atom. The van der Waals surface area contributed by atoms with E-state index in [0.717, 1.165) is 6.07 Å². The fourth-order valence-corrected chi connectivity index (χ4v) is 1.82. The van der Waals surface area contributed by atoms with Crippen molar-refractivity contribution in [2.24, 2.45) is 11.5 Å². The first kappa shape index (κ1) is 11.5. The van der Waals surface area contributed by atoms with E-state index in [-0.39, 0.29) is 17.2 Å². The molecule has 90 valence electrons. The second-order valence-electron chi connectivity index (χ2n) is 3.92. The first-order valence-electron chi connectivity index (χ1n) is 5.17. The maximum atomic E-state index is 13.7. The summed E-state index contributed by atoms with van der Waals surface area (Å²) >= 11 is 0. The zero-order valence-corrected chi connectivity index (χ0v) is 9.02. The third kappa shape index (κ3) is 1.99. The largest absolute Gasteiger partial charge is 0.366 e. The number of rotatable bonds is 2. The summed E-state index contributed by atoms with van der Waals surface area (Å²) in [6.07, 6.45) is 0.496. The number of halogens is 1. The molecule has 6 heteroatoms. The average Bonchev–Trinajstić information content (AvgIpc) is 2.60. The molecule has 4 N–H and O–H groups in total. The molecule has 0 aromatic heterocycles. The monoisotopic (exact) mass is 237 g/mol. The Labute approximate surface area is 97.2 Å². The molecule has 2 amide bonds. The van der Waals surface area contributed by atoms with Gasteiger partial charge in [0.1, 0.15) is 5.82 Å². The highest BCUT2D eigenvalue weighted by atomic mass is 19.1. The molecule has 1 unspecified atom stereocenters. The number of carbonyl (C=O) groups excluding carboxylic acids is 2. The van der Waals surface area contributed by atoms with Crippen molar-refractivity contribution in [3.8, 4) is 0 Å². The molecule has 0 aliphatic carbocycles. The van der Waals surface area contributed by atoms with Crippen LogP contribution in [0.15, 0.2) is 18.2 Å². The van der Waals surface area contributed by atoms with Crippen molar-refractivity contribution >= 4 is 17.5 Å². The van der Waals surface area contributed by atoms with E-state index >= 15 is 0 Å². The Balaban J connectivity index is 2.34. The van der Waals surface area contributed by atoms with Crippen LogP contribution in [0, 0.1) is 5.82 Å². The lowest BCUT2D eigenvalue weighted by atomic mass is 10.2. The van der Waals surface area contributed by atoms with Crippen LogP contribution in [0.1, 0.15) is 16.8 Å². The highest BCUT2D eigenvalue weighted by Gasteiger charge is 2.31. The number of nitrogens with two attached hydrogens (primary N) is 2. The fourth-order valence-electron chi connectivity index (χ4n) is 1.82. The van der Waals surface area contributed by atoms with Crippen molar-refractivity contribution in [1.82, 2.24) is 0 Å². The van der Waals surface area contributed by atoms with Crippen LogP contribution in [0.5, 0.6) is 0 Å². The summed E-state index contributed by atoms with van der Waals surface area (Å²) in [5, 5.41) is 0. The van der Waals surface area contributed by atoms with Gasteiger partial charge in [-0.05, 0) is 24.6 Å². The normalized spacial score (nSPS) is 19.8. The van der Waals surface area contributed by atoms with E-state index < -0.39 is 17.8 Å². The first-order valence-corrected chi connectivity index (χ1v) is 5.17. The molecule has 1 aliphatic heterocycles. The SMILES string of the molecule is NC(=O)c1ccc(N2CCC(N)C2=O)c(F)c1. The Kier molecular flexibility index (Phi) is 2.81. The lowest BCUT2D eigenvalue weighted by Gasteiger charge is -2.17. The van der Waals surface area contributed by atoms with Crippen LogP contribution < -0.4 is 16.4 Å². The lowest BCUT2D eigenvalue weighted by Crippen LogP contribution is -2.34. The maximum absolute atomic E-state index is 13.7.